The fraction of sp³-hybridized carbons (Fsp3) is 0.259. The van der Waals surface area contributed by atoms with Gasteiger partial charge in [-0.2, -0.15) is 0 Å². The second-order valence-electron chi connectivity index (χ2n) is 8.45. The fourth-order valence-electron chi connectivity index (χ4n) is 4.50. The van der Waals surface area contributed by atoms with Gasteiger partial charge >= 0.3 is 0 Å². The maximum Gasteiger partial charge on any atom is 0.136 e. The molecule has 162 valence electrons. The Balaban J connectivity index is 1.21. The highest BCUT2D eigenvalue weighted by Crippen LogP contribution is 2.30. The lowest BCUT2D eigenvalue weighted by atomic mass is 10.0. The van der Waals surface area contributed by atoms with Crippen LogP contribution in [0.1, 0.15) is 54.0 Å². The summed E-state index contributed by atoms with van der Waals surface area (Å²) in [7, 11) is 0. The minimum atomic E-state index is -0.0290. The molecule has 2 aromatic carbocycles. The van der Waals surface area contributed by atoms with Crippen LogP contribution in [-0.4, -0.2) is 33.0 Å². The number of hydrogen-bond acceptors (Lipinski definition) is 4. The van der Waals surface area contributed by atoms with Gasteiger partial charge in [-0.15, -0.1) is 0 Å². The van der Waals surface area contributed by atoms with Crippen molar-refractivity contribution in [2.45, 2.75) is 31.3 Å². The molecule has 4 N–H and O–H groups in total. The molecule has 0 spiro atoms. The third-order valence-corrected chi connectivity index (χ3v) is 6.21. The Morgan fingerprint density at radius 3 is 2.67 bits per heavy atom. The van der Waals surface area contributed by atoms with E-state index in [4.69, 9.17) is 0 Å². The zero-order chi connectivity index (χ0) is 22.0. The average Bonchev–Trinajstić information content (AvgIpc) is 3.63. The largest absolute Gasteiger partial charge is 0.347 e. The summed E-state index contributed by atoms with van der Waals surface area (Å²) in [5.74, 6) is 13.8. The van der Waals surface area contributed by atoms with E-state index in [-0.39, 0.29) is 6.04 Å². The van der Waals surface area contributed by atoms with Crippen LogP contribution in [0.25, 0.3) is 22.3 Å². The van der Waals surface area contributed by atoms with E-state index in [9.17, 15) is 0 Å². The predicted molar refractivity (Wildman–Crippen MR) is 129 cm³/mol. The van der Waals surface area contributed by atoms with Crippen LogP contribution in [0.2, 0.25) is 0 Å². The summed E-state index contributed by atoms with van der Waals surface area (Å²) in [4.78, 5) is 16.0. The minimum absolute atomic E-state index is 0.0290. The van der Waals surface area contributed by atoms with Gasteiger partial charge in [0.15, 0.2) is 0 Å². The highest BCUT2D eigenvalue weighted by Gasteiger charge is 2.21. The molecule has 6 rings (SSSR count). The summed E-state index contributed by atoms with van der Waals surface area (Å²) < 4.78 is 0. The molecule has 2 aliphatic rings. The van der Waals surface area contributed by atoms with Crippen molar-refractivity contribution in [3.8, 4) is 34.9 Å². The topological polar surface area (TPSA) is 81.4 Å². The van der Waals surface area contributed by atoms with Gasteiger partial charge in [0, 0.05) is 35.7 Å². The van der Waals surface area contributed by atoms with Crippen molar-refractivity contribution >= 4 is 11.0 Å². The monoisotopic (exact) mass is 432 g/mol. The van der Waals surface area contributed by atoms with Gasteiger partial charge in [-0.1, -0.05) is 35.8 Å². The van der Waals surface area contributed by atoms with E-state index in [1.807, 2.05) is 18.2 Å². The van der Waals surface area contributed by atoms with Gasteiger partial charge in [0.25, 0.3) is 0 Å². The Labute approximate surface area is 192 Å². The van der Waals surface area contributed by atoms with Crippen LogP contribution in [-0.2, 0) is 0 Å². The molecule has 6 nitrogen and oxygen atoms in total. The van der Waals surface area contributed by atoms with Crippen LogP contribution in [0.5, 0.6) is 0 Å². The highest BCUT2D eigenvalue weighted by atomic mass is 15.0. The molecular weight excluding hydrogens is 408 g/mol. The molecule has 0 amide bonds. The summed E-state index contributed by atoms with van der Waals surface area (Å²) in [6.45, 7) is 1.96. The molecule has 33 heavy (non-hydrogen) atoms. The third kappa shape index (κ3) is 4.03. The molecule has 2 aromatic heterocycles. The van der Waals surface area contributed by atoms with Crippen molar-refractivity contribution in [1.29, 1.82) is 0 Å². The fourth-order valence-corrected chi connectivity index (χ4v) is 4.50. The van der Waals surface area contributed by atoms with Gasteiger partial charge in [0.1, 0.15) is 11.9 Å². The normalized spacial score (nSPS) is 19.6. The summed E-state index contributed by atoms with van der Waals surface area (Å²) in [5, 5.41) is 6.93. The van der Waals surface area contributed by atoms with Crippen molar-refractivity contribution in [3.05, 3.63) is 71.4 Å². The van der Waals surface area contributed by atoms with E-state index in [2.05, 4.69) is 78.5 Å². The first-order chi connectivity index (χ1) is 16.3. The maximum absolute atomic E-state index is 4.68. The number of rotatable bonds is 3. The van der Waals surface area contributed by atoms with Crippen molar-refractivity contribution in [2.24, 2.45) is 0 Å². The zero-order valence-corrected chi connectivity index (χ0v) is 18.2. The molecule has 2 aliphatic heterocycles. The van der Waals surface area contributed by atoms with Crippen LogP contribution >= 0.6 is 0 Å². The first-order valence-electron chi connectivity index (χ1n) is 11.4. The number of aromatic nitrogens is 4. The molecule has 0 aliphatic carbocycles. The number of benzene rings is 2. The van der Waals surface area contributed by atoms with E-state index in [0.717, 1.165) is 65.2 Å². The van der Waals surface area contributed by atoms with E-state index in [1.54, 1.807) is 6.33 Å². The summed E-state index contributed by atoms with van der Waals surface area (Å²) in [6.07, 6.45) is 5.02. The molecule has 4 aromatic rings. The van der Waals surface area contributed by atoms with E-state index >= 15 is 0 Å². The smallest absolute Gasteiger partial charge is 0.136 e. The third-order valence-electron chi connectivity index (χ3n) is 6.21. The number of H-pyrrole nitrogens is 2. The van der Waals surface area contributed by atoms with Crippen molar-refractivity contribution in [3.63, 3.8) is 0 Å². The summed E-state index contributed by atoms with van der Waals surface area (Å²) in [5.41, 5.74) is 7.14. The van der Waals surface area contributed by atoms with Crippen molar-refractivity contribution in [2.75, 3.05) is 13.1 Å². The maximum atomic E-state index is 4.68. The number of nitrogens with one attached hydrogen (secondary N) is 4. The Kier molecular flexibility index (Phi) is 5.16. The lowest BCUT2D eigenvalue weighted by Crippen LogP contribution is -2.24. The lowest BCUT2D eigenvalue weighted by Gasteiger charge is -2.12. The molecule has 1 fully saturated rings. The molecule has 0 saturated carbocycles. The summed E-state index contributed by atoms with van der Waals surface area (Å²) >= 11 is 0. The van der Waals surface area contributed by atoms with Crippen LogP contribution in [0.3, 0.4) is 0 Å². The number of imidazole rings is 2. The molecule has 0 bridgehead atoms. The van der Waals surface area contributed by atoms with Crippen LogP contribution in [0.15, 0.2) is 48.8 Å². The van der Waals surface area contributed by atoms with E-state index in [0.29, 0.717) is 6.04 Å². The van der Waals surface area contributed by atoms with Gasteiger partial charge in [-0.05, 0) is 49.7 Å². The zero-order valence-electron chi connectivity index (χ0n) is 18.2. The minimum Gasteiger partial charge on any atom is -0.347 e. The quantitative estimate of drug-likeness (QED) is 0.371. The standard InChI is InChI=1S/C27H24N6/c1-2-14-29-23(4-1)27-32-21-13-10-19(16-24(21)33-27)7-6-18-8-11-20(12-9-18)25-26(31-17-30-25)22-5-3-15-28-22/h8-13,16-17,22-23,28-29H,2-3,5,14-15H2,(H,30,31)(H,32,33). The number of hydrogen-bond donors (Lipinski definition) is 4. The second kappa shape index (κ2) is 8.60. The Bertz CT molecular complexity index is 1410. The lowest BCUT2D eigenvalue weighted by molar-refractivity contribution is 0.607. The number of fused-ring (bicyclic) bond motifs is 1. The molecule has 6 heteroatoms. The van der Waals surface area contributed by atoms with Gasteiger partial charge in [-0.25, -0.2) is 9.97 Å². The molecule has 1 saturated heterocycles. The van der Waals surface area contributed by atoms with Gasteiger partial charge in [-0.3, -0.25) is 5.32 Å². The molecule has 0 radical (unpaired) electrons. The number of nitrogens with zero attached hydrogens (tertiary/aromatic N) is 2. The molecular formula is C27H24N6. The molecule has 2 unspecified atom stereocenters. The van der Waals surface area contributed by atoms with Crippen LogP contribution < -0.4 is 10.6 Å². The number of aromatic amines is 2. The SMILES string of the molecule is C1#CC(c2nc3ccc(C#Cc4ccc(-c5nc[nH]c5C5CCCN5)cc4)cc3[nH]2)NCC1. The summed E-state index contributed by atoms with van der Waals surface area (Å²) in [6, 6.07) is 14.7. The van der Waals surface area contributed by atoms with Crippen molar-refractivity contribution in [1.82, 2.24) is 30.6 Å². The highest BCUT2D eigenvalue weighted by molar-refractivity contribution is 5.77. The van der Waals surface area contributed by atoms with Gasteiger partial charge < -0.3 is 15.3 Å². The Morgan fingerprint density at radius 1 is 0.970 bits per heavy atom. The first-order valence-corrected chi connectivity index (χ1v) is 11.4. The predicted octanol–water partition coefficient (Wildman–Crippen LogP) is 3.82. The van der Waals surface area contributed by atoms with E-state index < -0.39 is 0 Å². The van der Waals surface area contributed by atoms with Gasteiger partial charge in [0.05, 0.1) is 28.7 Å². The Morgan fingerprint density at radius 2 is 1.85 bits per heavy atom. The first kappa shape index (κ1) is 19.8. The second-order valence-corrected chi connectivity index (χ2v) is 8.45. The average molecular weight is 433 g/mol. The van der Waals surface area contributed by atoms with Gasteiger partial charge in [0.2, 0.25) is 0 Å². The van der Waals surface area contributed by atoms with E-state index in [1.165, 1.54) is 12.1 Å². The molecule has 4 heterocycles. The van der Waals surface area contributed by atoms with Crippen molar-refractivity contribution < 1.29 is 0 Å². The molecule has 2 atom stereocenters. The Hall–Kier alpha value is -3.84. The van der Waals surface area contributed by atoms with Crippen LogP contribution in [0.4, 0.5) is 0 Å². The van der Waals surface area contributed by atoms with Crippen LogP contribution in [0, 0.1) is 23.7 Å².